The molecule has 0 radical (unpaired) electrons. The first-order chi connectivity index (χ1) is 11.0. The molecule has 5 atom stereocenters. The highest BCUT2D eigenvalue weighted by atomic mass is 31.2. The average Bonchev–Trinajstić information content (AvgIpc) is 2.74. The Kier molecular flexibility index (Phi) is 7.22. The smallest absolute Gasteiger partial charge is 0.331 e. The molecule has 8 N–H and O–H groups in total. The SMILES string of the molecule is CCC(CC)[C@H](NC(C)=O)[C@H]1[C@H](O)[C@@H](P(=O)(O)O)C[C@H]1N=C(N)N. The third-order valence-electron chi connectivity index (χ3n) is 4.80. The number of aliphatic hydroxyl groups is 1. The van der Waals surface area contributed by atoms with E-state index < -0.39 is 37.4 Å². The molecular formula is C14H29N4O5P. The van der Waals surface area contributed by atoms with Crippen LogP contribution in [0.4, 0.5) is 0 Å². The van der Waals surface area contributed by atoms with Gasteiger partial charge in [-0.25, -0.2) is 4.99 Å². The van der Waals surface area contributed by atoms with Crippen molar-refractivity contribution in [3.63, 3.8) is 0 Å². The largest absolute Gasteiger partial charge is 0.392 e. The minimum absolute atomic E-state index is 0.0285. The second kappa shape index (κ2) is 8.29. The molecular weight excluding hydrogens is 335 g/mol. The lowest BCUT2D eigenvalue weighted by atomic mass is 9.81. The van der Waals surface area contributed by atoms with Gasteiger partial charge >= 0.3 is 7.60 Å². The molecule has 0 spiro atoms. The van der Waals surface area contributed by atoms with Crippen molar-refractivity contribution >= 4 is 19.5 Å². The van der Waals surface area contributed by atoms with Gasteiger partial charge in [0.1, 0.15) is 0 Å². The Morgan fingerprint density at radius 3 is 2.25 bits per heavy atom. The van der Waals surface area contributed by atoms with Gasteiger partial charge in [-0.05, 0) is 12.3 Å². The maximum absolute atomic E-state index is 11.7. The van der Waals surface area contributed by atoms with Crippen molar-refractivity contribution in [3.8, 4) is 0 Å². The van der Waals surface area contributed by atoms with Gasteiger partial charge < -0.3 is 31.7 Å². The van der Waals surface area contributed by atoms with Crippen LogP contribution in [-0.2, 0) is 9.36 Å². The summed E-state index contributed by atoms with van der Waals surface area (Å²) >= 11 is 0. The fourth-order valence-corrected chi connectivity index (χ4v) is 4.79. The molecule has 1 saturated carbocycles. The summed E-state index contributed by atoms with van der Waals surface area (Å²) in [4.78, 5) is 34.8. The Morgan fingerprint density at radius 1 is 1.33 bits per heavy atom. The van der Waals surface area contributed by atoms with Crippen LogP contribution in [-0.4, -0.2) is 50.6 Å². The molecule has 0 aromatic carbocycles. The predicted molar refractivity (Wildman–Crippen MR) is 91.2 cm³/mol. The maximum Gasteiger partial charge on any atom is 0.331 e. The summed E-state index contributed by atoms with van der Waals surface area (Å²) < 4.78 is 11.7. The van der Waals surface area contributed by atoms with Crippen LogP contribution in [0.5, 0.6) is 0 Å². The van der Waals surface area contributed by atoms with E-state index in [1.165, 1.54) is 6.92 Å². The van der Waals surface area contributed by atoms with Crippen molar-refractivity contribution in [1.29, 1.82) is 0 Å². The predicted octanol–water partition coefficient (Wildman–Crippen LogP) is -0.504. The van der Waals surface area contributed by atoms with E-state index in [4.69, 9.17) is 11.5 Å². The zero-order valence-electron chi connectivity index (χ0n) is 14.3. The van der Waals surface area contributed by atoms with Gasteiger partial charge in [-0.15, -0.1) is 0 Å². The molecule has 0 bridgehead atoms. The van der Waals surface area contributed by atoms with Gasteiger partial charge in [0.05, 0.1) is 17.8 Å². The van der Waals surface area contributed by atoms with Gasteiger partial charge in [0, 0.05) is 18.9 Å². The number of hydrogen-bond donors (Lipinski definition) is 6. The highest BCUT2D eigenvalue weighted by Crippen LogP contribution is 2.52. The van der Waals surface area contributed by atoms with E-state index in [0.717, 1.165) is 12.8 Å². The Hall–Kier alpha value is -1.15. The Balaban J connectivity index is 3.30. The number of amides is 1. The summed E-state index contributed by atoms with van der Waals surface area (Å²) in [6.45, 7) is 5.29. The number of rotatable bonds is 7. The molecule has 0 aromatic heterocycles. The lowest BCUT2D eigenvalue weighted by Crippen LogP contribution is -2.51. The highest BCUT2D eigenvalue weighted by molar-refractivity contribution is 7.52. The molecule has 0 aliphatic heterocycles. The van der Waals surface area contributed by atoms with Crippen molar-refractivity contribution < 1.29 is 24.3 Å². The number of aliphatic hydroxyl groups excluding tert-OH is 1. The molecule has 1 fully saturated rings. The van der Waals surface area contributed by atoms with Gasteiger partial charge in [0.15, 0.2) is 5.96 Å². The maximum atomic E-state index is 11.7. The van der Waals surface area contributed by atoms with Crippen LogP contribution >= 0.6 is 7.60 Å². The summed E-state index contributed by atoms with van der Waals surface area (Å²) in [5, 5.41) is 13.4. The van der Waals surface area contributed by atoms with Crippen molar-refractivity contribution in [1.82, 2.24) is 5.32 Å². The van der Waals surface area contributed by atoms with Gasteiger partial charge in [0.2, 0.25) is 5.91 Å². The quantitative estimate of drug-likeness (QED) is 0.201. The van der Waals surface area contributed by atoms with Crippen LogP contribution in [0.3, 0.4) is 0 Å². The van der Waals surface area contributed by atoms with Crippen LogP contribution in [0.2, 0.25) is 0 Å². The van der Waals surface area contributed by atoms with Crippen molar-refractivity contribution in [2.45, 2.75) is 63.9 Å². The first-order valence-corrected chi connectivity index (χ1v) is 9.80. The van der Waals surface area contributed by atoms with E-state index in [9.17, 15) is 24.3 Å². The van der Waals surface area contributed by atoms with Crippen molar-refractivity contribution in [2.75, 3.05) is 0 Å². The second-order valence-corrected chi connectivity index (χ2v) is 8.23. The fourth-order valence-electron chi connectivity index (χ4n) is 3.71. The lowest BCUT2D eigenvalue weighted by molar-refractivity contribution is -0.120. The number of nitrogens with two attached hydrogens (primary N) is 2. The first kappa shape index (κ1) is 20.9. The fraction of sp³-hybridized carbons (Fsp3) is 0.857. The average molecular weight is 364 g/mol. The number of nitrogens with zero attached hydrogens (tertiary/aromatic N) is 1. The Bertz CT molecular complexity index is 515. The van der Waals surface area contributed by atoms with Gasteiger partial charge in [-0.2, -0.15) is 0 Å². The third kappa shape index (κ3) is 4.92. The van der Waals surface area contributed by atoms with Crippen LogP contribution in [0.25, 0.3) is 0 Å². The van der Waals surface area contributed by atoms with E-state index in [1.54, 1.807) is 0 Å². The topological polar surface area (TPSA) is 171 Å². The molecule has 9 nitrogen and oxygen atoms in total. The number of nitrogens with one attached hydrogen (secondary N) is 1. The zero-order valence-corrected chi connectivity index (χ0v) is 15.2. The number of guanidine groups is 1. The van der Waals surface area contributed by atoms with Gasteiger partial charge in [0.25, 0.3) is 0 Å². The van der Waals surface area contributed by atoms with Crippen LogP contribution < -0.4 is 16.8 Å². The van der Waals surface area contributed by atoms with Gasteiger partial charge in [-0.1, -0.05) is 26.7 Å². The van der Waals surface area contributed by atoms with Crippen LogP contribution in [0, 0.1) is 11.8 Å². The number of carbonyl (C=O) groups is 1. The minimum Gasteiger partial charge on any atom is -0.392 e. The summed E-state index contributed by atoms with van der Waals surface area (Å²) in [5.74, 6) is -1.13. The van der Waals surface area contributed by atoms with E-state index >= 15 is 0 Å². The van der Waals surface area contributed by atoms with E-state index in [2.05, 4.69) is 10.3 Å². The second-order valence-electron chi connectivity index (χ2n) is 6.38. The van der Waals surface area contributed by atoms with Gasteiger partial charge in [-0.3, -0.25) is 9.36 Å². The molecule has 0 heterocycles. The summed E-state index contributed by atoms with van der Waals surface area (Å²) in [5.41, 5.74) is 9.63. The number of carbonyl (C=O) groups excluding carboxylic acids is 1. The van der Waals surface area contributed by atoms with E-state index in [1.807, 2.05) is 13.8 Å². The third-order valence-corrected chi connectivity index (χ3v) is 6.18. The molecule has 24 heavy (non-hydrogen) atoms. The molecule has 1 aliphatic rings. The Morgan fingerprint density at radius 2 is 1.88 bits per heavy atom. The molecule has 0 aromatic rings. The molecule has 10 heteroatoms. The molecule has 1 amide bonds. The van der Waals surface area contributed by atoms with E-state index in [-0.39, 0.29) is 24.2 Å². The van der Waals surface area contributed by atoms with Crippen molar-refractivity contribution in [2.24, 2.45) is 28.3 Å². The van der Waals surface area contributed by atoms with E-state index in [0.29, 0.717) is 0 Å². The Labute approximate surface area is 142 Å². The molecule has 140 valence electrons. The molecule has 1 aliphatic carbocycles. The first-order valence-electron chi connectivity index (χ1n) is 8.11. The summed E-state index contributed by atoms with van der Waals surface area (Å²) in [6.07, 6.45) is 0.125. The highest BCUT2D eigenvalue weighted by Gasteiger charge is 2.53. The van der Waals surface area contributed by atoms with Crippen LogP contribution in [0.1, 0.15) is 40.0 Å². The minimum atomic E-state index is -4.52. The van der Waals surface area contributed by atoms with Crippen LogP contribution in [0.15, 0.2) is 4.99 Å². The molecule has 0 unspecified atom stereocenters. The lowest BCUT2D eigenvalue weighted by Gasteiger charge is -2.35. The summed E-state index contributed by atoms with van der Waals surface area (Å²) in [7, 11) is -4.52. The standard InChI is InChI=1S/C14H29N4O5P/c1-4-8(5-2)12(17-7(3)19)11-9(18-14(15)16)6-10(13(11)20)24(21,22)23/h8-13,20H,4-6H2,1-3H3,(H,17,19)(H4,15,16,18)(H2,21,22,23)/t9-,10+,11+,12+,13-/m1/s1. The normalized spacial score (nSPS) is 28.6. The number of hydrogen-bond acceptors (Lipinski definition) is 4. The molecule has 0 saturated heterocycles. The monoisotopic (exact) mass is 364 g/mol. The molecule has 1 rings (SSSR count). The van der Waals surface area contributed by atoms with Crippen molar-refractivity contribution in [3.05, 3.63) is 0 Å². The number of aliphatic imine (C=N–C) groups is 1. The summed E-state index contributed by atoms with van der Waals surface area (Å²) in [6, 6.07) is -1.14. The zero-order chi connectivity index (χ0) is 18.7.